The zero-order chi connectivity index (χ0) is 17.5. The van der Waals surface area contributed by atoms with Crippen molar-refractivity contribution in [3.8, 4) is 0 Å². The van der Waals surface area contributed by atoms with Gasteiger partial charge in [0, 0.05) is 12.6 Å². The number of methoxy groups -OCH3 is 1. The van der Waals surface area contributed by atoms with E-state index in [4.69, 9.17) is 9.26 Å². The molecule has 0 aliphatic carbocycles. The Kier molecular flexibility index (Phi) is 5.67. The van der Waals surface area contributed by atoms with Crippen molar-refractivity contribution >= 4 is 17.8 Å². The lowest BCUT2D eigenvalue weighted by Crippen LogP contribution is -2.28. The van der Waals surface area contributed by atoms with Gasteiger partial charge in [-0.2, -0.15) is 0 Å². The van der Waals surface area contributed by atoms with Crippen LogP contribution in [0, 0.1) is 6.92 Å². The van der Waals surface area contributed by atoms with Crippen LogP contribution in [0.5, 0.6) is 0 Å². The molecule has 0 bridgehead atoms. The summed E-state index contributed by atoms with van der Waals surface area (Å²) in [5, 5.41) is 6.15. The number of carbonyl (C=O) groups excluding carboxylic acids is 3. The van der Waals surface area contributed by atoms with E-state index in [-0.39, 0.29) is 12.3 Å². The second-order valence-corrected chi connectivity index (χ2v) is 4.87. The molecule has 0 saturated carbocycles. The number of ether oxygens (including phenoxy) is 2. The number of aryl methyl sites for hydroxylation is 1. The summed E-state index contributed by atoms with van der Waals surface area (Å²) in [5.74, 6) is -1.70. The highest BCUT2D eigenvalue weighted by molar-refractivity contribution is 5.89. The van der Waals surface area contributed by atoms with Crippen molar-refractivity contribution in [3.05, 3.63) is 52.9 Å². The van der Waals surface area contributed by atoms with Crippen LogP contribution < -0.4 is 5.32 Å². The van der Waals surface area contributed by atoms with Crippen LogP contribution in [0.3, 0.4) is 0 Å². The molecule has 0 aliphatic heterocycles. The lowest BCUT2D eigenvalue weighted by molar-refractivity contribution is -0.124. The maximum absolute atomic E-state index is 11.7. The molecule has 0 radical (unpaired) electrons. The molecule has 0 spiro atoms. The van der Waals surface area contributed by atoms with Crippen LogP contribution in [0.2, 0.25) is 0 Å². The molecule has 0 fully saturated rings. The van der Waals surface area contributed by atoms with Gasteiger partial charge in [-0.25, -0.2) is 9.59 Å². The summed E-state index contributed by atoms with van der Waals surface area (Å²) in [6, 6.07) is 7.99. The van der Waals surface area contributed by atoms with Crippen molar-refractivity contribution in [2.45, 2.75) is 13.5 Å². The van der Waals surface area contributed by atoms with Crippen molar-refractivity contribution < 1.29 is 28.4 Å². The van der Waals surface area contributed by atoms with Crippen molar-refractivity contribution in [2.24, 2.45) is 0 Å². The Balaban J connectivity index is 1.76. The van der Waals surface area contributed by atoms with Gasteiger partial charge in [0.2, 0.25) is 5.76 Å². The van der Waals surface area contributed by atoms with Crippen LogP contribution in [0.1, 0.15) is 32.2 Å². The van der Waals surface area contributed by atoms with Crippen LogP contribution in [-0.2, 0) is 20.8 Å². The van der Waals surface area contributed by atoms with Gasteiger partial charge in [0.1, 0.15) is 0 Å². The maximum Gasteiger partial charge on any atom is 0.377 e. The average molecular weight is 332 g/mol. The van der Waals surface area contributed by atoms with Gasteiger partial charge in [-0.05, 0) is 24.6 Å². The van der Waals surface area contributed by atoms with Gasteiger partial charge in [0.25, 0.3) is 5.91 Å². The number of nitrogens with one attached hydrogen (secondary N) is 1. The molecule has 1 amide bonds. The zero-order valence-corrected chi connectivity index (χ0v) is 13.2. The lowest BCUT2D eigenvalue weighted by Gasteiger charge is -2.06. The fourth-order valence-electron chi connectivity index (χ4n) is 1.79. The summed E-state index contributed by atoms with van der Waals surface area (Å²) in [7, 11) is 1.30. The van der Waals surface area contributed by atoms with E-state index in [2.05, 4.69) is 15.2 Å². The van der Waals surface area contributed by atoms with E-state index in [0.717, 1.165) is 5.56 Å². The average Bonchev–Trinajstić information content (AvgIpc) is 3.04. The van der Waals surface area contributed by atoms with Crippen molar-refractivity contribution in [1.82, 2.24) is 10.5 Å². The van der Waals surface area contributed by atoms with Gasteiger partial charge in [-0.1, -0.05) is 17.3 Å². The highest BCUT2D eigenvalue weighted by Crippen LogP contribution is 2.06. The van der Waals surface area contributed by atoms with Crippen molar-refractivity contribution in [2.75, 3.05) is 13.7 Å². The molecule has 0 unspecified atom stereocenters. The quantitative estimate of drug-likeness (QED) is 0.793. The number of hydrogen-bond donors (Lipinski definition) is 1. The van der Waals surface area contributed by atoms with E-state index in [1.165, 1.54) is 13.2 Å². The van der Waals surface area contributed by atoms with Crippen LogP contribution in [0.25, 0.3) is 0 Å². The van der Waals surface area contributed by atoms with E-state index in [0.29, 0.717) is 11.3 Å². The lowest BCUT2D eigenvalue weighted by atomic mass is 10.1. The van der Waals surface area contributed by atoms with E-state index in [1.54, 1.807) is 31.2 Å². The standard InChI is InChI=1S/C16H16N2O6/c1-10-7-13(24-18-10)16(21)23-9-14(19)17-8-11-3-5-12(6-4-11)15(20)22-2/h3-7H,8-9H2,1-2H3,(H,17,19). The Bertz CT molecular complexity index is 735. The molecule has 8 heteroatoms. The third kappa shape index (κ3) is 4.67. The van der Waals surface area contributed by atoms with E-state index >= 15 is 0 Å². The molecule has 1 heterocycles. The normalized spacial score (nSPS) is 10.1. The zero-order valence-electron chi connectivity index (χ0n) is 13.2. The monoisotopic (exact) mass is 332 g/mol. The predicted octanol–water partition coefficient (Wildman–Crippen LogP) is 1.24. The smallest absolute Gasteiger partial charge is 0.377 e. The van der Waals surface area contributed by atoms with Gasteiger partial charge in [0.15, 0.2) is 6.61 Å². The van der Waals surface area contributed by atoms with E-state index < -0.39 is 24.5 Å². The Hall–Kier alpha value is -3.16. The van der Waals surface area contributed by atoms with Gasteiger partial charge in [-0.15, -0.1) is 0 Å². The van der Waals surface area contributed by atoms with Crippen molar-refractivity contribution in [1.29, 1.82) is 0 Å². The fraction of sp³-hybridized carbons (Fsp3) is 0.250. The second kappa shape index (κ2) is 7.91. The topological polar surface area (TPSA) is 108 Å². The van der Waals surface area contributed by atoms with Gasteiger partial charge >= 0.3 is 11.9 Å². The number of aromatic nitrogens is 1. The predicted molar refractivity (Wildman–Crippen MR) is 81.2 cm³/mol. The Morgan fingerprint density at radius 3 is 2.46 bits per heavy atom. The summed E-state index contributed by atoms with van der Waals surface area (Å²) < 4.78 is 14.1. The number of nitrogens with zero attached hydrogens (tertiary/aromatic N) is 1. The minimum atomic E-state index is -0.756. The molecule has 1 aromatic heterocycles. The van der Waals surface area contributed by atoms with E-state index in [9.17, 15) is 14.4 Å². The van der Waals surface area contributed by atoms with Crippen LogP contribution in [-0.4, -0.2) is 36.7 Å². The Morgan fingerprint density at radius 2 is 1.88 bits per heavy atom. The second-order valence-electron chi connectivity index (χ2n) is 4.87. The number of carbonyl (C=O) groups is 3. The summed E-state index contributed by atoms with van der Waals surface area (Å²) in [6.07, 6.45) is 0. The highest BCUT2D eigenvalue weighted by atomic mass is 16.6. The van der Waals surface area contributed by atoms with E-state index in [1.807, 2.05) is 0 Å². The first-order chi connectivity index (χ1) is 11.5. The number of amides is 1. The summed E-state index contributed by atoms with van der Waals surface area (Å²) in [6.45, 7) is 1.47. The molecule has 0 aliphatic rings. The third-order valence-electron chi connectivity index (χ3n) is 3.03. The third-order valence-corrected chi connectivity index (χ3v) is 3.03. The summed E-state index contributed by atoms with van der Waals surface area (Å²) in [5.41, 5.74) is 1.75. The Morgan fingerprint density at radius 1 is 1.17 bits per heavy atom. The van der Waals surface area contributed by atoms with Crippen LogP contribution >= 0.6 is 0 Å². The maximum atomic E-state index is 11.7. The first kappa shape index (κ1) is 17.2. The van der Waals surface area contributed by atoms with Gasteiger partial charge < -0.3 is 19.3 Å². The van der Waals surface area contributed by atoms with Gasteiger partial charge in [0.05, 0.1) is 18.4 Å². The molecule has 8 nitrogen and oxygen atoms in total. The fourth-order valence-corrected chi connectivity index (χ4v) is 1.79. The molecular formula is C16H16N2O6. The number of benzene rings is 1. The first-order valence-corrected chi connectivity index (χ1v) is 7.04. The van der Waals surface area contributed by atoms with Gasteiger partial charge in [-0.3, -0.25) is 4.79 Å². The molecular weight excluding hydrogens is 316 g/mol. The molecule has 2 aromatic rings. The van der Waals surface area contributed by atoms with Crippen molar-refractivity contribution in [3.63, 3.8) is 0 Å². The summed E-state index contributed by atoms with van der Waals surface area (Å²) >= 11 is 0. The molecule has 2 rings (SSSR count). The molecule has 0 saturated heterocycles. The minimum Gasteiger partial charge on any atom is -0.465 e. The van der Waals surface area contributed by atoms with Crippen LogP contribution in [0.4, 0.5) is 0 Å². The van der Waals surface area contributed by atoms with Crippen LogP contribution in [0.15, 0.2) is 34.9 Å². The molecule has 24 heavy (non-hydrogen) atoms. The minimum absolute atomic E-state index is 0.0568. The molecule has 1 N–H and O–H groups in total. The SMILES string of the molecule is COC(=O)c1ccc(CNC(=O)COC(=O)c2cc(C)no2)cc1. The molecule has 1 aromatic carbocycles. The largest absolute Gasteiger partial charge is 0.465 e. The molecule has 0 atom stereocenters. The molecule has 126 valence electrons. The highest BCUT2D eigenvalue weighted by Gasteiger charge is 2.14. The number of hydrogen-bond acceptors (Lipinski definition) is 7. The number of esters is 2. The number of rotatable bonds is 6. The Labute approximate surface area is 137 Å². The summed E-state index contributed by atoms with van der Waals surface area (Å²) in [4.78, 5) is 34.6. The first-order valence-electron chi connectivity index (χ1n) is 7.04.